The summed E-state index contributed by atoms with van der Waals surface area (Å²) in [5.41, 5.74) is 0.988. The van der Waals surface area contributed by atoms with Crippen LogP contribution in [0, 0.1) is 92.7 Å². The summed E-state index contributed by atoms with van der Waals surface area (Å²) < 4.78 is 0. The first kappa shape index (κ1) is 46.8. The zero-order valence-electron chi connectivity index (χ0n) is 36.5. The Kier molecular flexibility index (Phi) is 14.6. The number of carboxylic acids is 2. The predicted molar refractivity (Wildman–Crippen MR) is 218 cm³/mol. The van der Waals surface area contributed by atoms with Crippen molar-refractivity contribution in [3.8, 4) is 0 Å². The molecule has 320 valence electrons. The Morgan fingerprint density at radius 3 is 1.21 bits per heavy atom. The smallest absolute Gasteiger partial charge is 0.550 e. The van der Waals surface area contributed by atoms with Crippen LogP contribution in [-0.4, -0.2) is 102 Å². The van der Waals surface area contributed by atoms with Crippen molar-refractivity contribution >= 4 is 57.4 Å². The molecule has 8 rings (SSSR count). The van der Waals surface area contributed by atoms with Gasteiger partial charge in [0.2, 0.25) is 0 Å². The van der Waals surface area contributed by atoms with Gasteiger partial charge >= 0.3 is 45.5 Å². The van der Waals surface area contributed by atoms with Crippen LogP contribution in [0.4, 0.5) is 0 Å². The van der Waals surface area contributed by atoms with E-state index in [-0.39, 0.29) is 104 Å². The summed E-state index contributed by atoms with van der Waals surface area (Å²) in [4.78, 5) is 21.9. The molecule has 4 N–H and O–H groups in total. The Morgan fingerprint density at radius 1 is 0.526 bits per heavy atom. The third-order valence-electron chi connectivity index (χ3n) is 20.4. The monoisotopic (exact) mass is 870 g/mol. The van der Waals surface area contributed by atoms with Crippen LogP contribution in [0.3, 0.4) is 0 Å². The maximum atomic E-state index is 11.2. The van der Waals surface area contributed by atoms with Gasteiger partial charge in [-0.1, -0.05) is 41.5 Å². The molecule has 8 fully saturated rings. The molecule has 8 nitrogen and oxygen atoms in total. The van der Waals surface area contributed by atoms with E-state index in [0.717, 1.165) is 51.4 Å². The average molecular weight is 871 g/mol. The third kappa shape index (κ3) is 8.42. The average Bonchev–Trinajstić information content (AvgIpc) is 3.68. The van der Waals surface area contributed by atoms with Crippen molar-refractivity contribution in [2.75, 3.05) is 0 Å². The number of carbonyl (C=O) groups is 2. The second-order valence-corrected chi connectivity index (χ2v) is 22.7. The Morgan fingerprint density at radius 2 is 0.860 bits per heavy atom. The number of hydrogen-bond acceptors (Lipinski definition) is 8. The molecule has 57 heavy (non-hydrogen) atoms. The van der Waals surface area contributed by atoms with Crippen LogP contribution in [0.1, 0.15) is 170 Å². The number of aliphatic hydroxyl groups excluding tert-OH is 4. The molecule has 0 aromatic heterocycles. The molecule has 0 aromatic rings. The molecule has 0 radical (unpaired) electrons. The minimum Gasteiger partial charge on any atom is -0.550 e. The number of carboxylic acid groups (broad SMARTS) is 2. The Balaban J connectivity index is 0.000000189. The van der Waals surface area contributed by atoms with E-state index in [0.29, 0.717) is 83.9 Å². The zero-order chi connectivity index (χ0) is 40.5. The molecule has 0 heterocycles. The van der Waals surface area contributed by atoms with Gasteiger partial charge in [-0.2, -0.15) is 0 Å². The van der Waals surface area contributed by atoms with Gasteiger partial charge in [0.25, 0.3) is 0 Å². The fraction of sp³-hybridized carbons (Fsp3) is 0.958. The molecule has 9 heteroatoms. The van der Waals surface area contributed by atoms with Crippen LogP contribution in [0.5, 0.6) is 0 Å². The van der Waals surface area contributed by atoms with Gasteiger partial charge in [-0.15, -0.1) is 0 Å². The van der Waals surface area contributed by atoms with E-state index in [4.69, 9.17) is 0 Å². The standard InChI is InChI=1S/2C24H40O4.Sr/c2*1-14(4-7-21(27)28)17-5-6-18-22-19(9-11-24(17,18)3)23(2)10-8-16(25)12-15(23)13-20(22)26;/h2*14-20,22,25-26H,4-13H2,1-3H3,(H,27,28);/q;;+2/p-2/t2*14-,15+,16-,17-,18+,19?,20-,22+,23+,24-;/m11./s1. The maximum Gasteiger partial charge on any atom is 2.00 e. The van der Waals surface area contributed by atoms with Gasteiger partial charge in [0, 0.05) is 11.9 Å². The van der Waals surface area contributed by atoms with Crippen molar-refractivity contribution in [2.45, 2.75) is 194 Å². The van der Waals surface area contributed by atoms with Crippen molar-refractivity contribution in [2.24, 2.45) is 92.7 Å². The van der Waals surface area contributed by atoms with Crippen molar-refractivity contribution in [1.82, 2.24) is 0 Å². The fourth-order valence-corrected chi connectivity index (χ4v) is 17.4. The first-order valence-corrected chi connectivity index (χ1v) is 23.4. The second-order valence-electron chi connectivity index (χ2n) is 22.7. The van der Waals surface area contributed by atoms with Gasteiger partial charge in [0.15, 0.2) is 0 Å². The quantitative estimate of drug-likeness (QED) is 0.219. The van der Waals surface area contributed by atoms with Gasteiger partial charge in [0.05, 0.1) is 24.4 Å². The Labute approximate surface area is 381 Å². The summed E-state index contributed by atoms with van der Waals surface area (Å²) in [6.07, 6.45) is 17.8. The molecule has 0 bridgehead atoms. The molecule has 2 unspecified atom stereocenters. The van der Waals surface area contributed by atoms with E-state index in [1.54, 1.807) is 0 Å². The molecule has 0 aromatic carbocycles. The van der Waals surface area contributed by atoms with Gasteiger partial charge in [-0.3, -0.25) is 0 Å². The van der Waals surface area contributed by atoms with E-state index in [1.807, 2.05) is 0 Å². The fourth-order valence-electron chi connectivity index (χ4n) is 17.4. The first-order chi connectivity index (χ1) is 26.3. The molecular weight excluding hydrogens is 792 g/mol. The molecule has 8 aliphatic carbocycles. The van der Waals surface area contributed by atoms with Gasteiger partial charge < -0.3 is 40.2 Å². The molecule has 0 aliphatic heterocycles. The zero-order valence-corrected chi connectivity index (χ0v) is 40.0. The third-order valence-corrected chi connectivity index (χ3v) is 20.4. The second kappa shape index (κ2) is 17.8. The Hall–Kier alpha value is 0.261. The number of hydrogen-bond donors (Lipinski definition) is 4. The number of aliphatic carboxylic acids is 2. The predicted octanol–water partition coefficient (Wildman–Crippen LogP) is 5.91. The topological polar surface area (TPSA) is 161 Å². The number of rotatable bonds is 8. The van der Waals surface area contributed by atoms with Crippen LogP contribution in [0.15, 0.2) is 0 Å². The van der Waals surface area contributed by atoms with E-state index < -0.39 is 11.9 Å². The largest absolute Gasteiger partial charge is 2.00 e. The molecular formula is C48H78O8Sr. The summed E-state index contributed by atoms with van der Waals surface area (Å²) in [6, 6.07) is 0. The molecule has 0 amide bonds. The number of fused-ring (bicyclic) bond motifs is 10. The van der Waals surface area contributed by atoms with Gasteiger partial charge in [-0.25, -0.2) is 0 Å². The normalized spacial score (nSPS) is 50.8. The first-order valence-electron chi connectivity index (χ1n) is 23.4. The summed E-state index contributed by atoms with van der Waals surface area (Å²) in [6.45, 7) is 14.2. The van der Waals surface area contributed by atoms with Crippen molar-refractivity contribution in [3.63, 3.8) is 0 Å². The molecule has 8 aliphatic rings. The Bertz CT molecular complexity index is 1320. The van der Waals surface area contributed by atoms with E-state index in [2.05, 4.69) is 41.5 Å². The SMILES string of the molecule is C[C@H](CCC(=O)[O-])[C@H]1CC[C@H]2[C@H]3C(CC[C@]12C)[C@@]1(C)CC[C@@H](O)C[C@H]1C[C@H]3O.C[C@H](CCC(=O)[O-])[C@H]1CC[C@H]2[C@H]3C(CC[C@]12C)[C@@]1(C)CC[C@@H](O)C[C@H]1C[C@H]3O.[Sr+2]. The molecule has 0 spiro atoms. The van der Waals surface area contributed by atoms with Crippen molar-refractivity contribution < 1.29 is 40.2 Å². The van der Waals surface area contributed by atoms with Crippen molar-refractivity contribution in [3.05, 3.63) is 0 Å². The van der Waals surface area contributed by atoms with E-state index in [1.165, 1.54) is 51.4 Å². The summed E-state index contributed by atoms with van der Waals surface area (Å²) >= 11 is 0. The molecule has 8 saturated carbocycles. The minimum absolute atomic E-state index is 0. The van der Waals surface area contributed by atoms with E-state index in [9.17, 15) is 40.2 Å². The number of carbonyl (C=O) groups excluding carboxylic acids is 2. The van der Waals surface area contributed by atoms with Crippen LogP contribution in [-0.2, 0) is 9.59 Å². The van der Waals surface area contributed by atoms with Crippen LogP contribution in [0.25, 0.3) is 0 Å². The summed E-state index contributed by atoms with van der Waals surface area (Å²) in [5.74, 6) is 3.99. The van der Waals surface area contributed by atoms with Crippen LogP contribution in [0.2, 0.25) is 0 Å². The van der Waals surface area contributed by atoms with E-state index >= 15 is 0 Å². The van der Waals surface area contributed by atoms with Gasteiger partial charge in [0.1, 0.15) is 0 Å². The molecule has 0 saturated heterocycles. The van der Waals surface area contributed by atoms with Gasteiger partial charge in [-0.05, 0) is 221 Å². The number of aliphatic hydroxyl groups is 4. The van der Waals surface area contributed by atoms with Crippen LogP contribution >= 0.6 is 0 Å². The summed E-state index contributed by atoms with van der Waals surface area (Å²) in [7, 11) is 0. The van der Waals surface area contributed by atoms with Crippen LogP contribution < -0.4 is 10.2 Å². The molecule has 20 atom stereocenters. The maximum absolute atomic E-state index is 11.2. The van der Waals surface area contributed by atoms with Crippen molar-refractivity contribution in [1.29, 1.82) is 0 Å². The minimum atomic E-state index is -0.934. The summed E-state index contributed by atoms with van der Waals surface area (Å²) in [5, 5.41) is 64.7.